The van der Waals surface area contributed by atoms with Gasteiger partial charge in [-0.2, -0.15) is 0 Å². The second-order valence-corrected chi connectivity index (χ2v) is 8.51. The van der Waals surface area contributed by atoms with Crippen molar-refractivity contribution in [1.29, 1.82) is 0 Å². The molecule has 0 unspecified atom stereocenters. The Kier molecular flexibility index (Phi) is 6.19. The number of carbonyl (C=O) groups is 1. The van der Waals surface area contributed by atoms with Crippen LogP contribution in [0, 0.1) is 18.9 Å². The molecule has 0 bridgehead atoms. The fourth-order valence-electron chi connectivity index (χ4n) is 4.67. The van der Waals surface area contributed by atoms with Crippen molar-refractivity contribution in [3.05, 3.63) is 96.5 Å². The van der Waals surface area contributed by atoms with E-state index in [1.54, 1.807) is 12.3 Å². The van der Waals surface area contributed by atoms with E-state index in [0.717, 1.165) is 49.4 Å². The van der Waals surface area contributed by atoms with Gasteiger partial charge in [-0.3, -0.25) is 4.98 Å². The van der Waals surface area contributed by atoms with E-state index in [1.807, 2.05) is 77.7 Å². The van der Waals surface area contributed by atoms with Crippen LogP contribution in [0.25, 0.3) is 49.3 Å². The van der Waals surface area contributed by atoms with Crippen LogP contribution in [0.1, 0.15) is 16.2 Å². The van der Waals surface area contributed by atoms with Crippen molar-refractivity contribution in [1.82, 2.24) is 23.9 Å². The number of aromatic carboxylic acids is 1. The fourth-order valence-corrected chi connectivity index (χ4v) is 4.67. The van der Waals surface area contributed by atoms with Crippen molar-refractivity contribution in [2.24, 2.45) is 7.05 Å². The van der Waals surface area contributed by atoms with Crippen LogP contribution < -0.4 is 0 Å². The Labute approximate surface area is 223 Å². The second-order valence-electron chi connectivity index (χ2n) is 8.51. The summed E-state index contributed by atoms with van der Waals surface area (Å²) in [6.07, 6.45) is 3.58. The van der Waals surface area contributed by atoms with Crippen LogP contribution >= 0.6 is 0 Å². The number of rotatable bonds is 1. The van der Waals surface area contributed by atoms with Crippen LogP contribution in [0.2, 0.25) is 0 Å². The Morgan fingerprint density at radius 2 is 1.68 bits per heavy atom. The Morgan fingerprint density at radius 1 is 0.973 bits per heavy atom. The monoisotopic (exact) mass is 669 g/mol. The van der Waals surface area contributed by atoms with Gasteiger partial charge in [-0.15, -0.1) is 6.07 Å². The van der Waals surface area contributed by atoms with E-state index in [4.69, 9.17) is 5.11 Å². The molecule has 0 saturated heterocycles. The van der Waals surface area contributed by atoms with Gasteiger partial charge in [-0.1, -0.05) is 47.9 Å². The zero-order valence-corrected chi connectivity index (χ0v) is 22.1. The predicted octanol–water partition coefficient (Wildman–Crippen LogP) is 5.71. The first-order chi connectivity index (χ1) is 17.4. The van der Waals surface area contributed by atoms with Gasteiger partial charge >= 0.3 is 5.97 Å². The van der Waals surface area contributed by atoms with Crippen LogP contribution in [-0.2, 0) is 27.2 Å². The van der Waals surface area contributed by atoms with Crippen molar-refractivity contribution in [2.45, 2.75) is 6.92 Å². The van der Waals surface area contributed by atoms with Gasteiger partial charge in [0.15, 0.2) is 0 Å². The largest absolute Gasteiger partial charge is 0.477 e. The van der Waals surface area contributed by atoms with Crippen LogP contribution in [0.5, 0.6) is 0 Å². The Balaban J connectivity index is 0.000000148. The van der Waals surface area contributed by atoms with Crippen LogP contribution in [0.15, 0.2) is 73.1 Å². The van der Waals surface area contributed by atoms with Crippen molar-refractivity contribution in [3.8, 4) is 0 Å². The average molecular weight is 669 g/mol. The van der Waals surface area contributed by atoms with E-state index in [2.05, 4.69) is 21.0 Å². The third-order valence-corrected chi connectivity index (χ3v) is 6.28. The molecule has 1 radical (unpaired) electrons. The van der Waals surface area contributed by atoms with Crippen molar-refractivity contribution >= 4 is 55.2 Å². The molecule has 2 aromatic carbocycles. The summed E-state index contributed by atoms with van der Waals surface area (Å²) in [7, 11) is 1.95. The van der Waals surface area contributed by atoms with E-state index in [0.29, 0.717) is 5.52 Å². The van der Waals surface area contributed by atoms with Gasteiger partial charge < -0.3 is 19.1 Å². The van der Waals surface area contributed by atoms with Gasteiger partial charge in [-0.05, 0) is 36.0 Å². The summed E-state index contributed by atoms with van der Waals surface area (Å²) >= 11 is 0. The summed E-state index contributed by atoms with van der Waals surface area (Å²) < 4.78 is 17.4. The molecule has 0 atom stereocenters. The number of fused-ring (bicyclic) bond motifs is 9. The number of para-hydroxylation sites is 2. The van der Waals surface area contributed by atoms with Crippen LogP contribution in [0.3, 0.4) is 0 Å². The van der Waals surface area contributed by atoms with Crippen LogP contribution in [-0.4, -0.2) is 35.0 Å². The number of hydrogen-bond donors (Lipinski definition) is 1. The summed E-state index contributed by atoms with van der Waals surface area (Å²) in [5, 5.41) is 12.6. The van der Waals surface area contributed by atoms with Gasteiger partial charge in [0.1, 0.15) is 11.6 Å². The predicted molar refractivity (Wildman–Crippen MR) is 137 cm³/mol. The number of benzene rings is 2. The number of halogens is 1. The minimum absolute atomic E-state index is 0. The first-order valence-corrected chi connectivity index (χ1v) is 11.2. The molecule has 7 aromatic rings. The van der Waals surface area contributed by atoms with Crippen molar-refractivity contribution in [3.63, 3.8) is 0 Å². The molecule has 0 aliphatic rings. The molecule has 0 spiro atoms. The smallest absolute Gasteiger partial charge is 0.354 e. The SMILES string of the molecule is Cc1cn2c3ccccc3c3nc(F)c[c-]c3c2n1.Cn1c2ccccc2c2cc(C(=O)O)ncc21.[Ir]. The molecule has 9 heteroatoms. The van der Waals surface area contributed by atoms with E-state index >= 15 is 0 Å². The average Bonchev–Trinajstić information content (AvgIpc) is 3.42. The number of carboxylic acid groups (broad SMARTS) is 1. The molecule has 37 heavy (non-hydrogen) atoms. The quantitative estimate of drug-likeness (QED) is 0.138. The van der Waals surface area contributed by atoms with Crippen LogP contribution in [0.4, 0.5) is 4.39 Å². The minimum Gasteiger partial charge on any atom is -0.477 e. The molecular weight excluding hydrogens is 650 g/mol. The maximum atomic E-state index is 13.4. The van der Waals surface area contributed by atoms with E-state index < -0.39 is 11.9 Å². The number of aryl methyl sites for hydroxylation is 2. The Hall–Kier alpha value is -4.20. The summed E-state index contributed by atoms with van der Waals surface area (Å²) in [5.74, 6) is -1.52. The summed E-state index contributed by atoms with van der Waals surface area (Å²) in [5.41, 5.74) is 5.34. The molecule has 0 saturated carbocycles. The number of hydrogen-bond acceptors (Lipinski definition) is 4. The molecule has 7 nitrogen and oxygen atoms in total. The maximum absolute atomic E-state index is 13.4. The summed E-state index contributed by atoms with van der Waals surface area (Å²) in [6.45, 7) is 1.94. The molecule has 1 N–H and O–H groups in total. The molecule has 0 fully saturated rings. The molecule has 0 aliphatic carbocycles. The first-order valence-electron chi connectivity index (χ1n) is 11.2. The number of pyridine rings is 3. The van der Waals surface area contributed by atoms with E-state index in [9.17, 15) is 9.18 Å². The van der Waals surface area contributed by atoms with Gasteiger partial charge in [0.2, 0.25) is 0 Å². The standard InChI is InChI=1S/C15H9FN3.C13H10N2O2.Ir/c1-9-8-19-12-5-3-2-4-10(12)14-11(15(19)17-9)6-7-13(16)18-14;1-15-11-5-3-2-4-8(11)9-6-10(13(16)17)14-7-12(9)15;/h2-5,7-8H,1H3;2-7H,1H3,(H,16,17);/q-1;;. The topological polar surface area (TPSA) is 85.3 Å². The van der Waals surface area contributed by atoms with E-state index in [1.165, 1.54) is 6.07 Å². The molecule has 0 aliphatic heterocycles. The normalized spacial score (nSPS) is 11.1. The molecular formula is C28H19FIrN5O2-. The van der Waals surface area contributed by atoms with Crippen molar-refractivity contribution < 1.29 is 34.4 Å². The number of imidazole rings is 1. The number of aromatic nitrogens is 5. The van der Waals surface area contributed by atoms with Gasteiger partial charge in [0, 0.05) is 60.8 Å². The van der Waals surface area contributed by atoms with Gasteiger partial charge in [0.25, 0.3) is 0 Å². The van der Waals surface area contributed by atoms with Gasteiger partial charge in [0.05, 0.1) is 17.4 Å². The number of nitrogens with zero attached hydrogens (tertiary/aromatic N) is 5. The molecule has 5 aromatic heterocycles. The Bertz CT molecular complexity index is 1980. The second kappa shape index (κ2) is 9.35. The molecule has 0 amide bonds. The zero-order valence-electron chi connectivity index (χ0n) is 19.7. The zero-order chi connectivity index (χ0) is 25.0. The van der Waals surface area contributed by atoms with Gasteiger partial charge in [-0.25, -0.2) is 14.2 Å². The maximum Gasteiger partial charge on any atom is 0.354 e. The molecule has 7 rings (SSSR count). The minimum atomic E-state index is -1.00. The summed E-state index contributed by atoms with van der Waals surface area (Å²) in [6, 6.07) is 21.5. The first kappa shape index (κ1) is 24.5. The third-order valence-electron chi connectivity index (χ3n) is 6.28. The number of carboxylic acids is 1. The summed E-state index contributed by atoms with van der Waals surface area (Å²) in [4.78, 5) is 23.4. The van der Waals surface area contributed by atoms with E-state index in [-0.39, 0.29) is 25.8 Å². The third kappa shape index (κ3) is 4.02. The molecule has 185 valence electrons. The van der Waals surface area contributed by atoms with Crippen molar-refractivity contribution in [2.75, 3.05) is 0 Å². The molecule has 5 heterocycles. The fraction of sp³-hybridized carbons (Fsp3) is 0.0714. The Morgan fingerprint density at radius 3 is 2.43 bits per heavy atom.